The number of aromatic nitrogens is 1. The van der Waals surface area contributed by atoms with Gasteiger partial charge in [-0.1, -0.05) is 41.4 Å². The molecule has 124 valence electrons. The highest BCUT2D eigenvalue weighted by molar-refractivity contribution is 6.37. The third-order valence-electron chi connectivity index (χ3n) is 3.69. The highest BCUT2D eigenvalue weighted by Crippen LogP contribution is 2.32. The van der Waals surface area contributed by atoms with Crippen LogP contribution in [0.5, 0.6) is 5.75 Å². The molecule has 0 fully saturated rings. The number of rotatable bonds is 4. The lowest BCUT2D eigenvalue weighted by atomic mass is 10.1. The number of hydrogen-bond donors (Lipinski definition) is 0. The van der Waals surface area contributed by atoms with Crippen molar-refractivity contribution in [3.63, 3.8) is 0 Å². The molecule has 1 aliphatic heterocycles. The van der Waals surface area contributed by atoms with Crippen molar-refractivity contribution in [3.05, 3.63) is 70.0 Å². The highest BCUT2D eigenvalue weighted by atomic mass is 35.5. The zero-order chi connectivity index (χ0) is 16.9. The maximum absolute atomic E-state index is 12.5. The lowest BCUT2D eigenvalue weighted by Gasteiger charge is -2.23. The Balaban J connectivity index is 1.71. The second kappa shape index (κ2) is 7.69. The van der Waals surface area contributed by atoms with Crippen molar-refractivity contribution in [3.8, 4) is 5.75 Å². The molecular weight excluding hydrogens is 347 g/mol. The van der Waals surface area contributed by atoms with E-state index in [1.807, 2.05) is 6.08 Å². The van der Waals surface area contributed by atoms with Crippen molar-refractivity contribution < 1.29 is 9.53 Å². The number of carbonyl (C=O) groups excluding carboxylic acids is 1. The summed E-state index contributed by atoms with van der Waals surface area (Å²) in [5.41, 5.74) is 1.33. The van der Waals surface area contributed by atoms with Crippen molar-refractivity contribution in [2.24, 2.45) is 0 Å². The van der Waals surface area contributed by atoms with E-state index < -0.39 is 0 Å². The molecule has 0 unspecified atom stereocenters. The van der Waals surface area contributed by atoms with Gasteiger partial charge in [-0.05, 0) is 24.6 Å². The van der Waals surface area contributed by atoms with Crippen LogP contribution in [0.25, 0.3) is 0 Å². The van der Waals surface area contributed by atoms with Gasteiger partial charge in [0.15, 0.2) is 5.75 Å². The monoisotopic (exact) mass is 362 g/mol. The quantitative estimate of drug-likeness (QED) is 0.758. The fourth-order valence-electron chi connectivity index (χ4n) is 2.47. The molecule has 2 aromatic rings. The second-order valence-corrected chi connectivity index (χ2v) is 6.25. The number of benzene rings is 1. The van der Waals surface area contributed by atoms with E-state index in [0.29, 0.717) is 27.9 Å². The molecule has 0 aliphatic carbocycles. The van der Waals surface area contributed by atoms with Crippen LogP contribution in [0.2, 0.25) is 10.0 Å². The zero-order valence-corrected chi connectivity index (χ0v) is 14.4. The van der Waals surface area contributed by atoms with Crippen LogP contribution in [-0.4, -0.2) is 28.9 Å². The van der Waals surface area contributed by atoms with Gasteiger partial charge in [0.2, 0.25) is 0 Å². The van der Waals surface area contributed by atoms with E-state index in [-0.39, 0.29) is 12.5 Å². The van der Waals surface area contributed by atoms with Gasteiger partial charge in [0.1, 0.15) is 6.61 Å². The van der Waals surface area contributed by atoms with E-state index in [2.05, 4.69) is 11.1 Å². The van der Waals surface area contributed by atoms with Crippen molar-refractivity contribution in [2.45, 2.75) is 13.0 Å². The molecule has 4 nitrogen and oxygen atoms in total. The average Bonchev–Trinajstić information content (AvgIpc) is 2.62. The lowest BCUT2D eigenvalue weighted by molar-refractivity contribution is 0.0770. The number of ether oxygens (including phenoxy) is 1. The number of amides is 1. The molecule has 0 bridgehead atoms. The largest absolute Gasteiger partial charge is 0.486 e. The Hall–Kier alpha value is -2.04. The van der Waals surface area contributed by atoms with E-state index in [9.17, 15) is 4.79 Å². The van der Waals surface area contributed by atoms with Gasteiger partial charge in [0, 0.05) is 31.0 Å². The van der Waals surface area contributed by atoms with Crippen LogP contribution < -0.4 is 4.74 Å². The second-order valence-electron chi connectivity index (χ2n) is 5.43. The van der Waals surface area contributed by atoms with Gasteiger partial charge in [-0.3, -0.25) is 9.78 Å². The van der Waals surface area contributed by atoms with Gasteiger partial charge in [0.25, 0.3) is 5.91 Å². The van der Waals surface area contributed by atoms with E-state index in [1.54, 1.807) is 41.6 Å². The van der Waals surface area contributed by atoms with Crippen LogP contribution >= 0.6 is 23.2 Å². The minimum absolute atomic E-state index is 0.0236. The molecule has 1 aromatic carbocycles. The molecule has 2 heterocycles. The van der Waals surface area contributed by atoms with Crippen LogP contribution in [0, 0.1) is 0 Å². The van der Waals surface area contributed by atoms with Gasteiger partial charge in [0.05, 0.1) is 15.6 Å². The molecule has 0 N–H and O–H groups in total. The van der Waals surface area contributed by atoms with E-state index >= 15 is 0 Å². The SMILES string of the molecule is O=C(c1cncc(COc2c(Cl)cccc2Cl)c1)N1CC=CCC1. The summed E-state index contributed by atoms with van der Waals surface area (Å²) >= 11 is 12.2. The smallest absolute Gasteiger partial charge is 0.255 e. The van der Waals surface area contributed by atoms with Crippen LogP contribution in [-0.2, 0) is 6.61 Å². The van der Waals surface area contributed by atoms with Crippen LogP contribution in [0.1, 0.15) is 22.3 Å². The molecule has 24 heavy (non-hydrogen) atoms. The molecule has 1 aliphatic rings. The van der Waals surface area contributed by atoms with Crippen molar-refractivity contribution >= 4 is 29.1 Å². The van der Waals surface area contributed by atoms with Gasteiger partial charge >= 0.3 is 0 Å². The fourth-order valence-corrected chi connectivity index (χ4v) is 2.97. The summed E-state index contributed by atoms with van der Waals surface area (Å²) in [6.45, 7) is 1.59. The summed E-state index contributed by atoms with van der Waals surface area (Å²) in [4.78, 5) is 18.4. The highest BCUT2D eigenvalue weighted by Gasteiger charge is 2.17. The summed E-state index contributed by atoms with van der Waals surface area (Å²) in [5.74, 6) is 0.406. The molecule has 0 radical (unpaired) electrons. The van der Waals surface area contributed by atoms with Crippen LogP contribution in [0.4, 0.5) is 0 Å². The first-order valence-electron chi connectivity index (χ1n) is 7.60. The maximum atomic E-state index is 12.5. The van der Waals surface area contributed by atoms with Crippen molar-refractivity contribution in [2.75, 3.05) is 13.1 Å². The summed E-state index contributed by atoms with van der Waals surface area (Å²) in [7, 11) is 0. The Morgan fingerprint density at radius 2 is 2.00 bits per heavy atom. The molecule has 0 saturated heterocycles. The van der Waals surface area contributed by atoms with Gasteiger partial charge in [-0.15, -0.1) is 0 Å². The summed E-state index contributed by atoms with van der Waals surface area (Å²) in [6.07, 6.45) is 8.21. The minimum atomic E-state index is -0.0236. The van der Waals surface area contributed by atoms with E-state index in [1.165, 1.54) is 0 Å². The fraction of sp³-hybridized carbons (Fsp3) is 0.222. The average molecular weight is 363 g/mol. The zero-order valence-electron chi connectivity index (χ0n) is 12.9. The first kappa shape index (κ1) is 16.8. The van der Waals surface area contributed by atoms with Crippen LogP contribution in [0.3, 0.4) is 0 Å². The first-order chi connectivity index (χ1) is 11.6. The molecule has 0 atom stereocenters. The minimum Gasteiger partial charge on any atom is -0.486 e. The molecule has 6 heteroatoms. The van der Waals surface area contributed by atoms with E-state index in [4.69, 9.17) is 27.9 Å². The molecule has 0 saturated carbocycles. The Labute approximate surface area is 150 Å². The summed E-state index contributed by atoms with van der Waals surface area (Å²) in [5, 5.41) is 0.894. The maximum Gasteiger partial charge on any atom is 0.255 e. The molecule has 3 rings (SSSR count). The third kappa shape index (κ3) is 3.89. The number of carbonyl (C=O) groups is 1. The van der Waals surface area contributed by atoms with Gasteiger partial charge < -0.3 is 9.64 Å². The van der Waals surface area contributed by atoms with Crippen molar-refractivity contribution in [1.82, 2.24) is 9.88 Å². The van der Waals surface area contributed by atoms with Crippen molar-refractivity contribution in [1.29, 1.82) is 0 Å². The third-order valence-corrected chi connectivity index (χ3v) is 4.28. The summed E-state index contributed by atoms with van der Waals surface area (Å²) < 4.78 is 5.69. The number of hydrogen-bond acceptors (Lipinski definition) is 3. The lowest BCUT2D eigenvalue weighted by Crippen LogP contribution is -2.33. The first-order valence-corrected chi connectivity index (χ1v) is 8.36. The predicted octanol–water partition coefficient (Wildman–Crippen LogP) is 4.37. The standard InChI is InChI=1S/C18H16Cl2N2O2/c19-15-5-4-6-16(20)17(15)24-12-13-9-14(11-21-10-13)18(23)22-7-2-1-3-8-22/h1-2,4-6,9-11H,3,7-8,12H2. The number of nitrogens with zero attached hydrogens (tertiary/aromatic N) is 2. The molecule has 1 amide bonds. The normalized spacial score (nSPS) is 13.8. The Morgan fingerprint density at radius 1 is 1.21 bits per heavy atom. The number of para-hydroxylation sites is 1. The predicted molar refractivity (Wildman–Crippen MR) is 94.7 cm³/mol. The molecule has 0 spiro atoms. The van der Waals surface area contributed by atoms with Crippen LogP contribution in [0.15, 0.2) is 48.8 Å². The van der Waals surface area contributed by atoms with Gasteiger partial charge in [-0.25, -0.2) is 0 Å². The number of pyridine rings is 1. The van der Waals surface area contributed by atoms with E-state index in [0.717, 1.165) is 18.5 Å². The topological polar surface area (TPSA) is 42.4 Å². The number of halogens is 2. The molecular formula is C18H16Cl2N2O2. The van der Waals surface area contributed by atoms with Gasteiger partial charge in [-0.2, -0.15) is 0 Å². The Bertz CT molecular complexity index is 757. The Kier molecular flexibility index (Phi) is 5.38. The Morgan fingerprint density at radius 3 is 2.71 bits per heavy atom. The molecule has 1 aromatic heterocycles. The summed E-state index contributed by atoms with van der Waals surface area (Å²) in [6, 6.07) is 6.97.